The molecule has 0 bridgehead atoms. The number of halogens is 3. The van der Waals surface area contributed by atoms with Crippen LogP contribution < -0.4 is 20.5 Å². The number of rotatable bonds is 8. The van der Waals surface area contributed by atoms with E-state index in [4.69, 9.17) is 10.5 Å². The molecule has 0 aliphatic rings. The summed E-state index contributed by atoms with van der Waals surface area (Å²) in [4.78, 5) is 31.4. The van der Waals surface area contributed by atoms with Gasteiger partial charge in [-0.05, 0) is 42.3 Å². The number of aromatic nitrogens is 2. The Bertz CT molecular complexity index is 1150. The van der Waals surface area contributed by atoms with Crippen molar-refractivity contribution in [2.24, 2.45) is 5.73 Å². The van der Waals surface area contributed by atoms with Crippen LogP contribution in [0.25, 0.3) is 0 Å². The van der Waals surface area contributed by atoms with Gasteiger partial charge in [0.25, 0.3) is 5.91 Å². The first-order valence-corrected chi connectivity index (χ1v) is 9.55. The number of anilines is 1. The standard InChI is InChI=1S/C22H19F3N4O4/c1-13-2-4-17(6-16(13)11-32-18-7-15(20(26)30)8-27-10-18)29-21(31)14-3-5-19(28-9-14)33-12-22(23,24)25/h2-10H,11-12H2,1H3,(H2,26,30)(H,29,31). The van der Waals surface area contributed by atoms with Gasteiger partial charge in [0.15, 0.2) is 6.61 Å². The first-order chi connectivity index (χ1) is 15.6. The second kappa shape index (κ2) is 9.98. The highest BCUT2D eigenvalue weighted by atomic mass is 19.4. The number of ether oxygens (including phenoxy) is 2. The third kappa shape index (κ3) is 6.92. The maximum Gasteiger partial charge on any atom is 0.422 e. The van der Waals surface area contributed by atoms with Crippen molar-refractivity contribution in [3.05, 3.63) is 77.2 Å². The minimum atomic E-state index is -4.48. The molecule has 0 saturated carbocycles. The smallest absolute Gasteiger partial charge is 0.422 e. The Kier molecular flexibility index (Phi) is 7.11. The van der Waals surface area contributed by atoms with Crippen molar-refractivity contribution >= 4 is 17.5 Å². The summed E-state index contributed by atoms with van der Waals surface area (Å²) in [5, 5.41) is 2.69. The normalized spacial score (nSPS) is 11.0. The molecule has 0 aliphatic heterocycles. The Morgan fingerprint density at radius 2 is 1.82 bits per heavy atom. The minimum absolute atomic E-state index is 0.141. The van der Waals surface area contributed by atoms with E-state index in [0.717, 1.165) is 17.3 Å². The molecule has 2 amide bonds. The first kappa shape index (κ1) is 23.5. The fourth-order valence-electron chi connectivity index (χ4n) is 2.66. The number of hydrogen-bond acceptors (Lipinski definition) is 6. The summed E-state index contributed by atoms with van der Waals surface area (Å²) < 4.78 is 46.8. The highest BCUT2D eigenvalue weighted by molar-refractivity contribution is 6.04. The van der Waals surface area contributed by atoms with E-state index in [1.54, 1.807) is 18.2 Å². The van der Waals surface area contributed by atoms with Gasteiger partial charge in [0.1, 0.15) is 12.4 Å². The first-order valence-electron chi connectivity index (χ1n) is 9.55. The van der Waals surface area contributed by atoms with Crippen LogP contribution in [0.15, 0.2) is 55.0 Å². The minimum Gasteiger partial charge on any atom is -0.487 e. The molecule has 2 aromatic heterocycles. The molecule has 0 spiro atoms. The topological polar surface area (TPSA) is 116 Å². The molecule has 0 fully saturated rings. The van der Waals surface area contributed by atoms with Crippen LogP contribution in [0, 0.1) is 6.92 Å². The van der Waals surface area contributed by atoms with E-state index in [1.165, 1.54) is 30.6 Å². The van der Waals surface area contributed by atoms with E-state index in [2.05, 4.69) is 20.0 Å². The van der Waals surface area contributed by atoms with Gasteiger partial charge in [0.2, 0.25) is 11.8 Å². The van der Waals surface area contributed by atoms with Crippen LogP contribution in [0.2, 0.25) is 0 Å². The molecule has 0 unspecified atom stereocenters. The second-order valence-electron chi connectivity index (χ2n) is 6.95. The Morgan fingerprint density at radius 3 is 2.48 bits per heavy atom. The number of alkyl halides is 3. The maximum absolute atomic E-state index is 12.5. The van der Waals surface area contributed by atoms with E-state index in [0.29, 0.717) is 11.4 Å². The zero-order valence-electron chi connectivity index (χ0n) is 17.3. The summed E-state index contributed by atoms with van der Waals surface area (Å²) in [7, 11) is 0. The van der Waals surface area contributed by atoms with Crippen molar-refractivity contribution in [2.75, 3.05) is 11.9 Å². The molecule has 3 rings (SSSR count). The van der Waals surface area contributed by atoms with Gasteiger partial charge in [-0.3, -0.25) is 14.6 Å². The number of hydrogen-bond donors (Lipinski definition) is 2. The zero-order valence-corrected chi connectivity index (χ0v) is 17.3. The van der Waals surface area contributed by atoms with Crippen LogP contribution in [-0.4, -0.2) is 34.6 Å². The zero-order chi connectivity index (χ0) is 24.0. The summed E-state index contributed by atoms with van der Waals surface area (Å²) >= 11 is 0. The molecular formula is C22H19F3N4O4. The molecule has 0 aliphatic carbocycles. The Labute approximate surface area is 186 Å². The monoisotopic (exact) mass is 460 g/mol. The molecule has 33 heavy (non-hydrogen) atoms. The molecule has 2 heterocycles. The molecule has 3 aromatic rings. The highest BCUT2D eigenvalue weighted by Gasteiger charge is 2.28. The highest BCUT2D eigenvalue weighted by Crippen LogP contribution is 2.20. The van der Waals surface area contributed by atoms with Crippen LogP contribution in [0.4, 0.5) is 18.9 Å². The quantitative estimate of drug-likeness (QED) is 0.530. The Hall–Kier alpha value is -4.15. The van der Waals surface area contributed by atoms with Crippen molar-refractivity contribution in [1.29, 1.82) is 0 Å². The van der Waals surface area contributed by atoms with Gasteiger partial charge >= 0.3 is 6.18 Å². The number of primary amides is 1. The van der Waals surface area contributed by atoms with Crippen molar-refractivity contribution in [3.63, 3.8) is 0 Å². The third-order valence-corrected chi connectivity index (χ3v) is 4.38. The fraction of sp³-hybridized carbons (Fsp3) is 0.182. The average Bonchev–Trinajstić information content (AvgIpc) is 2.78. The number of carbonyl (C=O) groups excluding carboxylic acids is 2. The number of nitrogens with one attached hydrogen (secondary N) is 1. The molecule has 172 valence electrons. The van der Waals surface area contributed by atoms with Crippen LogP contribution >= 0.6 is 0 Å². The predicted octanol–water partition coefficient (Wildman–Crippen LogP) is 3.66. The largest absolute Gasteiger partial charge is 0.487 e. The van der Waals surface area contributed by atoms with Gasteiger partial charge in [-0.15, -0.1) is 0 Å². The number of amides is 2. The molecule has 0 radical (unpaired) electrons. The van der Waals surface area contributed by atoms with E-state index in [9.17, 15) is 22.8 Å². The van der Waals surface area contributed by atoms with Crippen LogP contribution in [-0.2, 0) is 6.61 Å². The average molecular weight is 460 g/mol. The SMILES string of the molecule is Cc1ccc(NC(=O)c2ccc(OCC(F)(F)F)nc2)cc1COc1cncc(C(N)=O)c1. The van der Waals surface area contributed by atoms with Gasteiger partial charge in [0, 0.05) is 24.1 Å². The summed E-state index contributed by atoms with van der Waals surface area (Å²) in [5.41, 5.74) is 7.74. The van der Waals surface area contributed by atoms with E-state index in [-0.39, 0.29) is 23.6 Å². The summed E-state index contributed by atoms with van der Waals surface area (Å²) in [6, 6.07) is 9.17. The molecule has 0 atom stereocenters. The van der Waals surface area contributed by atoms with Gasteiger partial charge in [-0.25, -0.2) is 4.98 Å². The van der Waals surface area contributed by atoms with Crippen LogP contribution in [0.3, 0.4) is 0 Å². The van der Waals surface area contributed by atoms with Crippen molar-refractivity contribution in [2.45, 2.75) is 19.7 Å². The Morgan fingerprint density at radius 1 is 1.03 bits per heavy atom. The summed E-state index contributed by atoms with van der Waals surface area (Å²) in [6.07, 6.45) is -0.577. The lowest BCUT2D eigenvalue weighted by Gasteiger charge is -2.12. The summed E-state index contributed by atoms with van der Waals surface area (Å²) in [6.45, 7) is 0.543. The second-order valence-corrected chi connectivity index (χ2v) is 6.95. The van der Waals surface area contributed by atoms with E-state index >= 15 is 0 Å². The summed E-state index contributed by atoms with van der Waals surface area (Å²) in [5.74, 6) is -1.00. The van der Waals surface area contributed by atoms with Crippen molar-refractivity contribution < 1.29 is 32.2 Å². The lowest BCUT2D eigenvalue weighted by atomic mass is 10.1. The maximum atomic E-state index is 12.5. The fourth-order valence-corrected chi connectivity index (χ4v) is 2.66. The van der Waals surface area contributed by atoms with E-state index < -0.39 is 24.6 Å². The number of aryl methyl sites for hydroxylation is 1. The molecule has 0 saturated heterocycles. The van der Waals surface area contributed by atoms with Gasteiger partial charge < -0.3 is 20.5 Å². The predicted molar refractivity (Wildman–Crippen MR) is 112 cm³/mol. The van der Waals surface area contributed by atoms with Gasteiger partial charge in [-0.1, -0.05) is 6.07 Å². The van der Waals surface area contributed by atoms with Crippen LogP contribution in [0.5, 0.6) is 11.6 Å². The molecule has 11 heteroatoms. The van der Waals surface area contributed by atoms with Crippen molar-refractivity contribution in [3.8, 4) is 11.6 Å². The number of benzene rings is 1. The molecule has 3 N–H and O–H groups in total. The number of nitrogens with zero attached hydrogens (tertiary/aromatic N) is 2. The third-order valence-electron chi connectivity index (χ3n) is 4.38. The molecular weight excluding hydrogens is 441 g/mol. The van der Waals surface area contributed by atoms with E-state index in [1.807, 2.05) is 6.92 Å². The van der Waals surface area contributed by atoms with Crippen LogP contribution in [0.1, 0.15) is 31.8 Å². The van der Waals surface area contributed by atoms with Gasteiger partial charge in [-0.2, -0.15) is 13.2 Å². The molecule has 8 nitrogen and oxygen atoms in total. The number of carbonyl (C=O) groups is 2. The number of nitrogens with two attached hydrogens (primary N) is 1. The Balaban J connectivity index is 1.63. The molecule has 1 aromatic carbocycles. The lowest BCUT2D eigenvalue weighted by Crippen LogP contribution is -2.19. The number of pyridine rings is 2. The lowest BCUT2D eigenvalue weighted by molar-refractivity contribution is -0.154. The van der Waals surface area contributed by atoms with Crippen molar-refractivity contribution in [1.82, 2.24) is 9.97 Å². The van der Waals surface area contributed by atoms with Gasteiger partial charge in [0.05, 0.1) is 17.3 Å².